The smallest absolute Gasteiger partial charge is 0.274 e. The number of amides is 1. The van der Waals surface area contributed by atoms with E-state index in [1.54, 1.807) is 39.8 Å². The van der Waals surface area contributed by atoms with Crippen LogP contribution in [0.4, 0.5) is 0 Å². The van der Waals surface area contributed by atoms with Crippen LogP contribution in [0.5, 0.6) is 5.75 Å². The van der Waals surface area contributed by atoms with Crippen LogP contribution in [0, 0.1) is 13.8 Å². The van der Waals surface area contributed by atoms with Crippen molar-refractivity contribution in [3.63, 3.8) is 0 Å². The number of carbonyl (C=O) groups excluding carboxylic acids is 1. The van der Waals surface area contributed by atoms with Crippen LogP contribution in [0.25, 0.3) is 0 Å². The summed E-state index contributed by atoms with van der Waals surface area (Å²) in [6.07, 6.45) is 3.48. The second-order valence-electron chi connectivity index (χ2n) is 6.78. The molecule has 1 aromatic carbocycles. The zero-order chi connectivity index (χ0) is 20.3. The topological polar surface area (TPSA) is 65.2 Å². The highest BCUT2D eigenvalue weighted by Gasteiger charge is 2.18. The minimum atomic E-state index is -0.202. The van der Waals surface area contributed by atoms with E-state index in [1.165, 1.54) is 0 Å². The molecule has 0 saturated heterocycles. The van der Waals surface area contributed by atoms with Gasteiger partial charge in [-0.1, -0.05) is 17.7 Å². The number of ether oxygens (including phenoxy) is 1. The summed E-state index contributed by atoms with van der Waals surface area (Å²) < 4.78 is 9.12. The van der Waals surface area contributed by atoms with Crippen molar-refractivity contribution in [3.05, 3.63) is 64.2 Å². The van der Waals surface area contributed by atoms with E-state index in [-0.39, 0.29) is 12.6 Å². The SMILES string of the molecule is CCn1cc(Cl)c(CN(C)C(=O)c2ccn(COc3cc(C)cc(C)c3)n2)n1. The monoisotopic (exact) mass is 401 g/mol. The van der Waals surface area contributed by atoms with Gasteiger partial charge in [-0.2, -0.15) is 10.2 Å². The fourth-order valence-corrected chi connectivity index (χ4v) is 3.11. The average molecular weight is 402 g/mol. The molecule has 8 heteroatoms. The molecule has 3 rings (SSSR count). The highest BCUT2D eigenvalue weighted by atomic mass is 35.5. The van der Waals surface area contributed by atoms with Gasteiger partial charge in [0.15, 0.2) is 12.4 Å². The molecule has 0 fully saturated rings. The van der Waals surface area contributed by atoms with Crippen LogP contribution in [0.15, 0.2) is 36.7 Å². The second-order valence-corrected chi connectivity index (χ2v) is 7.19. The molecular weight excluding hydrogens is 378 g/mol. The fraction of sp³-hybridized carbons (Fsp3) is 0.350. The molecule has 0 unspecified atom stereocenters. The number of carbonyl (C=O) groups is 1. The average Bonchev–Trinajstić information content (AvgIpc) is 3.25. The molecule has 0 aliphatic heterocycles. The Bertz CT molecular complexity index is 959. The van der Waals surface area contributed by atoms with Crippen LogP contribution in [0.1, 0.15) is 34.2 Å². The first kappa shape index (κ1) is 19.9. The zero-order valence-corrected chi connectivity index (χ0v) is 17.3. The van der Waals surface area contributed by atoms with Crippen molar-refractivity contribution in [2.75, 3.05) is 7.05 Å². The highest BCUT2D eigenvalue weighted by molar-refractivity contribution is 6.31. The van der Waals surface area contributed by atoms with Gasteiger partial charge in [-0.25, -0.2) is 4.68 Å². The van der Waals surface area contributed by atoms with Crippen LogP contribution < -0.4 is 4.74 Å². The summed E-state index contributed by atoms with van der Waals surface area (Å²) in [5.41, 5.74) is 3.28. The lowest BCUT2D eigenvalue weighted by Crippen LogP contribution is -2.27. The maximum Gasteiger partial charge on any atom is 0.274 e. The maximum atomic E-state index is 12.6. The van der Waals surface area contributed by atoms with Crippen molar-refractivity contribution >= 4 is 17.5 Å². The minimum Gasteiger partial charge on any atom is -0.471 e. The molecule has 2 aromatic heterocycles. The van der Waals surface area contributed by atoms with Gasteiger partial charge in [0.1, 0.15) is 11.4 Å². The number of rotatable bonds is 7. The number of aryl methyl sites for hydroxylation is 3. The third-order valence-corrected chi connectivity index (χ3v) is 4.58. The van der Waals surface area contributed by atoms with E-state index in [2.05, 4.69) is 16.3 Å². The summed E-state index contributed by atoms with van der Waals surface area (Å²) in [5, 5.41) is 9.24. The molecule has 0 spiro atoms. The summed E-state index contributed by atoms with van der Waals surface area (Å²) >= 11 is 6.19. The van der Waals surface area contributed by atoms with E-state index in [4.69, 9.17) is 16.3 Å². The van der Waals surface area contributed by atoms with Crippen LogP contribution in [-0.4, -0.2) is 37.4 Å². The molecule has 0 atom stereocenters. The first-order chi connectivity index (χ1) is 13.4. The molecule has 2 heterocycles. The van der Waals surface area contributed by atoms with Crippen LogP contribution in [-0.2, 0) is 19.8 Å². The molecule has 0 bridgehead atoms. The molecule has 0 aliphatic rings. The Kier molecular flexibility index (Phi) is 6.04. The number of nitrogens with zero attached hydrogens (tertiary/aromatic N) is 5. The Morgan fingerprint density at radius 3 is 2.54 bits per heavy atom. The lowest BCUT2D eigenvalue weighted by molar-refractivity contribution is 0.0775. The molecule has 1 amide bonds. The number of hydrogen-bond acceptors (Lipinski definition) is 4. The van der Waals surface area contributed by atoms with Gasteiger partial charge in [-0.05, 0) is 50.1 Å². The largest absolute Gasteiger partial charge is 0.471 e. The molecular formula is C20H24ClN5O2. The molecule has 7 nitrogen and oxygen atoms in total. The summed E-state index contributed by atoms with van der Waals surface area (Å²) in [7, 11) is 1.70. The third-order valence-electron chi connectivity index (χ3n) is 4.26. The Hall–Kier alpha value is -2.80. The highest BCUT2D eigenvalue weighted by Crippen LogP contribution is 2.18. The van der Waals surface area contributed by atoms with E-state index >= 15 is 0 Å². The van der Waals surface area contributed by atoms with E-state index in [9.17, 15) is 4.79 Å². The number of benzene rings is 1. The maximum absolute atomic E-state index is 12.6. The molecule has 0 aliphatic carbocycles. The molecule has 148 valence electrons. The number of hydrogen-bond donors (Lipinski definition) is 0. The summed E-state index contributed by atoms with van der Waals surface area (Å²) in [5.74, 6) is 0.575. The fourth-order valence-electron chi connectivity index (χ4n) is 2.90. The Balaban J connectivity index is 1.62. The van der Waals surface area contributed by atoms with Gasteiger partial charge < -0.3 is 9.64 Å². The van der Waals surface area contributed by atoms with Crippen molar-refractivity contribution in [1.29, 1.82) is 0 Å². The lowest BCUT2D eigenvalue weighted by atomic mass is 10.1. The quantitative estimate of drug-likeness (QED) is 0.605. The number of halogens is 1. The molecule has 0 saturated carbocycles. The van der Waals surface area contributed by atoms with Gasteiger partial charge in [0.2, 0.25) is 0 Å². The van der Waals surface area contributed by atoms with Crippen molar-refractivity contribution in [2.45, 2.75) is 40.6 Å². The number of aromatic nitrogens is 4. The Morgan fingerprint density at radius 1 is 1.18 bits per heavy atom. The normalized spacial score (nSPS) is 10.9. The summed E-state index contributed by atoms with van der Waals surface area (Å²) in [4.78, 5) is 14.2. The molecule has 0 N–H and O–H groups in total. The predicted molar refractivity (Wildman–Crippen MR) is 107 cm³/mol. The zero-order valence-electron chi connectivity index (χ0n) is 16.5. The van der Waals surface area contributed by atoms with E-state index in [0.29, 0.717) is 23.0 Å². The summed E-state index contributed by atoms with van der Waals surface area (Å²) in [6, 6.07) is 7.70. The van der Waals surface area contributed by atoms with Crippen molar-refractivity contribution in [2.24, 2.45) is 0 Å². The van der Waals surface area contributed by atoms with Gasteiger partial charge in [0.25, 0.3) is 5.91 Å². The van der Waals surface area contributed by atoms with Crippen LogP contribution in [0.2, 0.25) is 5.02 Å². The molecule has 3 aromatic rings. The van der Waals surface area contributed by atoms with Gasteiger partial charge in [0, 0.05) is 26.0 Å². The standard InChI is InChI=1S/C20H24ClN5O2/c1-5-25-11-17(21)19(23-25)12-24(4)20(27)18-6-7-26(22-18)13-28-16-9-14(2)8-15(3)10-16/h6-11H,5,12-13H2,1-4H3. The van der Waals surface area contributed by atoms with Crippen molar-refractivity contribution < 1.29 is 9.53 Å². The van der Waals surface area contributed by atoms with Crippen molar-refractivity contribution in [3.8, 4) is 5.75 Å². The van der Waals surface area contributed by atoms with E-state index < -0.39 is 0 Å². The predicted octanol–water partition coefficient (Wildman–Crippen LogP) is 3.68. The minimum absolute atomic E-state index is 0.202. The van der Waals surface area contributed by atoms with E-state index in [0.717, 1.165) is 23.4 Å². The Morgan fingerprint density at radius 2 is 1.89 bits per heavy atom. The second kappa shape index (κ2) is 8.48. The molecule has 0 radical (unpaired) electrons. The molecule has 28 heavy (non-hydrogen) atoms. The van der Waals surface area contributed by atoms with Gasteiger partial charge in [-0.3, -0.25) is 9.48 Å². The first-order valence-corrected chi connectivity index (χ1v) is 9.45. The Labute approximate surface area is 169 Å². The van der Waals surface area contributed by atoms with Crippen molar-refractivity contribution in [1.82, 2.24) is 24.5 Å². The van der Waals surface area contributed by atoms with Gasteiger partial charge >= 0.3 is 0 Å². The van der Waals surface area contributed by atoms with Gasteiger partial charge in [-0.15, -0.1) is 0 Å². The van der Waals surface area contributed by atoms with Gasteiger partial charge in [0.05, 0.1) is 11.6 Å². The summed E-state index contributed by atoms with van der Waals surface area (Å²) in [6.45, 7) is 7.30. The van der Waals surface area contributed by atoms with Crippen LogP contribution in [0.3, 0.4) is 0 Å². The lowest BCUT2D eigenvalue weighted by Gasteiger charge is -2.14. The first-order valence-electron chi connectivity index (χ1n) is 9.07. The third kappa shape index (κ3) is 4.72. The van der Waals surface area contributed by atoms with E-state index in [1.807, 2.05) is 32.9 Å². The van der Waals surface area contributed by atoms with Crippen LogP contribution >= 0.6 is 11.6 Å².